The average molecular weight is 285 g/mol. The van der Waals surface area contributed by atoms with Crippen LogP contribution in [0.1, 0.15) is 40.5 Å². The molecule has 3 N–H and O–H groups in total. The molecular weight excluding hydrogens is 258 g/mol. The van der Waals surface area contributed by atoms with Crippen molar-refractivity contribution < 1.29 is 19.4 Å². The molecule has 0 unspecified atom stereocenters. The smallest absolute Gasteiger partial charge is 0.283 e. The van der Waals surface area contributed by atoms with Crippen LogP contribution in [0.4, 0.5) is 0 Å². The summed E-state index contributed by atoms with van der Waals surface area (Å²) in [5, 5.41) is 9.07. The molecule has 0 saturated carbocycles. The van der Waals surface area contributed by atoms with E-state index in [1.807, 2.05) is 13.0 Å². The highest BCUT2D eigenvalue weighted by Crippen LogP contribution is 2.42. The van der Waals surface area contributed by atoms with Gasteiger partial charge in [-0.2, -0.15) is 0 Å². The molecule has 0 bridgehead atoms. The third kappa shape index (κ3) is 4.21. The predicted octanol–water partition coefficient (Wildman–Crippen LogP) is 1.80. The molecule has 5 heteroatoms. The number of carbonyl (C=O) groups is 1. The summed E-state index contributed by atoms with van der Waals surface area (Å²) >= 11 is 0. The normalized spacial score (nSPS) is 26.9. The zero-order valence-electron chi connectivity index (χ0n) is 12.9. The monoisotopic (exact) mass is 285 g/mol. The molecule has 5 nitrogen and oxygen atoms in total. The Morgan fingerprint density at radius 3 is 2.60 bits per heavy atom. The number of carbonyl (C=O) groups excluding carboxylic acids is 1. The third-order valence-electron chi connectivity index (χ3n) is 3.65. The fourth-order valence-corrected chi connectivity index (χ4v) is 2.70. The minimum atomic E-state index is -0.565. The van der Waals surface area contributed by atoms with Gasteiger partial charge >= 0.3 is 0 Å². The van der Waals surface area contributed by atoms with Gasteiger partial charge in [0.2, 0.25) is 6.29 Å². The van der Waals surface area contributed by atoms with Crippen LogP contribution in [0.15, 0.2) is 11.8 Å². The van der Waals surface area contributed by atoms with Crippen LogP contribution in [0, 0.1) is 17.3 Å². The largest absolute Gasteiger partial charge is 0.459 e. The molecule has 0 fully saturated rings. The van der Waals surface area contributed by atoms with E-state index in [4.69, 9.17) is 20.3 Å². The van der Waals surface area contributed by atoms with Gasteiger partial charge in [-0.15, -0.1) is 0 Å². The molecule has 0 aliphatic carbocycles. The van der Waals surface area contributed by atoms with Gasteiger partial charge in [-0.25, -0.2) is 0 Å². The van der Waals surface area contributed by atoms with Crippen LogP contribution in [-0.2, 0) is 14.3 Å². The maximum atomic E-state index is 11.4. The minimum absolute atomic E-state index is 0.0417. The molecule has 1 aliphatic heterocycles. The Kier molecular flexibility index (Phi) is 6.02. The molecule has 3 atom stereocenters. The minimum Gasteiger partial charge on any atom is -0.459 e. The fourth-order valence-electron chi connectivity index (χ4n) is 2.70. The lowest BCUT2D eigenvalue weighted by Crippen LogP contribution is -2.42. The first-order valence-corrected chi connectivity index (χ1v) is 7.22. The van der Waals surface area contributed by atoms with E-state index in [1.165, 1.54) is 0 Å². The Labute approximate surface area is 121 Å². The fraction of sp³-hybridized carbons (Fsp3) is 0.800. The highest BCUT2D eigenvalue weighted by atomic mass is 16.7. The second-order valence-corrected chi connectivity index (χ2v) is 6.26. The molecule has 0 aromatic heterocycles. The summed E-state index contributed by atoms with van der Waals surface area (Å²) in [6.07, 6.45) is 2.80. The van der Waals surface area contributed by atoms with E-state index in [0.29, 0.717) is 13.0 Å². The van der Waals surface area contributed by atoms with E-state index in [9.17, 15) is 4.79 Å². The highest BCUT2D eigenvalue weighted by molar-refractivity contribution is 5.90. The molecular formula is C15H27NO4. The molecule has 116 valence electrons. The van der Waals surface area contributed by atoms with Gasteiger partial charge < -0.3 is 20.3 Å². The number of rotatable bonds is 6. The summed E-state index contributed by atoms with van der Waals surface area (Å²) in [5.74, 6) is -0.166. The summed E-state index contributed by atoms with van der Waals surface area (Å²) in [6.45, 7) is 8.88. The number of hydrogen-bond acceptors (Lipinski definition) is 4. The lowest BCUT2D eigenvalue weighted by molar-refractivity contribution is -0.178. The van der Waals surface area contributed by atoms with E-state index in [-0.39, 0.29) is 29.6 Å². The van der Waals surface area contributed by atoms with Crippen molar-refractivity contribution in [2.45, 2.75) is 46.8 Å². The lowest BCUT2D eigenvalue weighted by Gasteiger charge is -2.42. The van der Waals surface area contributed by atoms with Crippen molar-refractivity contribution in [2.24, 2.45) is 23.0 Å². The Morgan fingerprint density at radius 1 is 1.50 bits per heavy atom. The molecule has 1 heterocycles. The number of ether oxygens (including phenoxy) is 2. The molecule has 1 amide bonds. The number of hydrogen-bond donors (Lipinski definition) is 2. The Bertz CT molecular complexity index is 359. The number of amides is 1. The van der Waals surface area contributed by atoms with Gasteiger partial charge in [0.15, 0.2) is 5.76 Å². The summed E-state index contributed by atoms with van der Waals surface area (Å²) < 4.78 is 11.3. The van der Waals surface area contributed by atoms with Gasteiger partial charge in [0.1, 0.15) is 0 Å². The van der Waals surface area contributed by atoms with Gasteiger partial charge in [-0.1, -0.05) is 20.8 Å². The van der Waals surface area contributed by atoms with Crippen LogP contribution in [-0.4, -0.2) is 30.5 Å². The maximum Gasteiger partial charge on any atom is 0.283 e. The van der Waals surface area contributed by atoms with Gasteiger partial charge in [-0.3, -0.25) is 4.79 Å². The summed E-state index contributed by atoms with van der Waals surface area (Å²) in [5.41, 5.74) is 5.31. The molecule has 0 saturated heterocycles. The summed E-state index contributed by atoms with van der Waals surface area (Å²) in [7, 11) is 0. The van der Waals surface area contributed by atoms with Crippen molar-refractivity contribution in [3.05, 3.63) is 11.8 Å². The van der Waals surface area contributed by atoms with Crippen molar-refractivity contribution in [2.75, 3.05) is 13.2 Å². The van der Waals surface area contributed by atoms with Gasteiger partial charge in [0.25, 0.3) is 5.91 Å². The molecule has 0 aromatic rings. The van der Waals surface area contributed by atoms with E-state index in [1.54, 1.807) is 0 Å². The number of nitrogens with two attached hydrogens (primary N) is 1. The molecule has 0 radical (unpaired) electrons. The van der Waals surface area contributed by atoms with Crippen LogP contribution in [0.3, 0.4) is 0 Å². The van der Waals surface area contributed by atoms with Crippen molar-refractivity contribution in [3.63, 3.8) is 0 Å². The van der Waals surface area contributed by atoms with Crippen molar-refractivity contribution in [1.29, 1.82) is 0 Å². The van der Waals surface area contributed by atoms with E-state index in [2.05, 4.69) is 20.8 Å². The molecule has 0 aromatic carbocycles. The quantitative estimate of drug-likeness (QED) is 0.779. The predicted molar refractivity (Wildman–Crippen MR) is 76.5 cm³/mol. The number of aliphatic hydroxyl groups is 1. The zero-order valence-corrected chi connectivity index (χ0v) is 12.9. The first kappa shape index (κ1) is 17.0. The van der Waals surface area contributed by atoms with Crippen LogP contribution in [0.2, 0.25) is 0 Å². The molecule has 0 spiro atoms. The standard InChI is InChI=1S/C15H27NO4/c1-5-19-14-10(7-6-8-17)11(15(2,3)4)9-12(20-14)13(16)18/h9-11,14,17H,5-8H2,1-4H3,(H2,16,18)/t10-,11-,14+/m1/s1. The van der Waals surface area contributed by atoms with Crippen LogP contribution >= 0.6 is 0 Å². The molecule has 1 rings (SSSR count). The van der Waals surface area contributed by atoms with Gasteiger partial charge in [0, 0.05) is 19.1 Å². The number of aliphatic hydroxyl groups excluding tert-OH is 1. The second-order valence-electron chi connectivity index (χ2n) is 6.26. The Morgan fingerprint density at radius 2 is 2.15 bits per heavy atom. The number of allylic oxidation sites excluding steroid dienone is 1. The van der Waals surface area contributed by atoms with Crippen molar-refractivity contribution >= 4 is 5.91 Å². The van der Waals surface area contributed by atoms with Gasteiger partial charge in [-0.05, 0) is 37.2 Å². The summed E-state index contributed by atoms with van der Waals surface area (Å²) in [6, 6.07) is 0. The van der Waals surface area contributed by atoms with Crippen LogP contribution < -0.4 is 5.73 Å². The van der Waals surface area contributed by atoms with Crippen LogP contribution in [0.5, 0.6) is 0 Å². The van der Waals surface area contributed by atoms with Crippen molar-refractivity contribution in [3.8, 4) is 0 Å². The third-order valence-corrected chi connectivity index (χ3v) is 3.65. The number of primary amides is 1. The topological polar surface area (TPSA) is 81.8 Å². The van der Waals surface area contributed by atoms with E-state index in [0.717, 1.165) is 6.42 Å². The lowest BCUT2D eigenvalue weighted by atomic mass is 9.70. The Hall–Kier alpha value is -1.07. The second kappa shape index (κ2) is 7.09. The first-order valence-electron chi connectivity index (χ1n) is 7.22. The average Bonchev–Trinajstić information content (AvgIpc) is 2.35. The van der Waals surface area contributed by atoms with Gasteiger partial charge in [0.05, 0.1) is 0 Å². The summed E-state index contributed by atoms with van der Waals surface area (Å²) in [4.78, 5) is 11.4. The van der Waals surface area contributed by atoms with Crippen molar-refractivity contribution in [1.82, 2.24) is 0 Å². The SMILES string of the molecule is CCO[C@H]1OC(C(N)=O)=C[C@@H](C(C)(C)C)[C@H]1CCCO. The molecule has 20 heavy (non-hydrogen) atoms. The molecule has 1 aliphatic rings. The zero-order chi connectivity index (χ0) is 15.3. The maximum absolute atomic E-state index is 11.4. The first-order chi connectivity index (χ1) is 9.31. The van der Waals surface area contributed by atoms with E-state index < -0.39 is 12.2 Å². The van der Waals surface area contributed by atoms with E-state index >= 15 is 0 Å². The Balaban J connectivity index is 3.07. The van der Waals surface area contributed by atoms with Crippen LogP contribution in [0.25, 0.3) is 0 Å². The highest BCUT2D eigenvalue weighted by Gasteiger charge is 2.41.